The summed E-state index contributed by atoms with van der Waals surface area (Å²) in [4.78, 5) is 12.5. The van der Waals surface area contributed by atoms with Crippen LogP contribution in [0.15, 0.2) is 0 Å². The second-order valence-corrected chi connectivity index (χ2v) is 6.82. The molecule has 2 unspecified atom stereocenters. The number of carbonyl (C=O) groups is 1. The van der Waals surface area contributed by atoms with Gasteiger partial charge in [-0.2, -0.15) is 0 Å². The first-order valence-corrected chi connectivity index (χ1v) is 7.70. The predicted molar refractivity (Wildman–Crippen MR) is 77.1 cm³/mol. The van der Waals surface area contributed by atoms with Crippen molar-refractivity contribution >= 4 is 5.91 Å². The molecule has 2 atom stereocenters. The number of aliphatic hydroxyl groups excluding tert-OH is 1. The molecule has 0 saturated heterocycles. The molecule has 2 fully saturated rings. The first-order chi connectivity index (χ1) is 9.31. The Morgan fingerprint density at radius 2 is 1.95 bits per heavy atom. The molecule has 1 amide bonds. The van der Waals surface area contributed by atoms with Crippen LogP contribution in [0.25, 0.3) is 0 Å². The molecule has 0 aromatic heterocycles. The van der Waals surface area contributed by atoms with Gasteiger partial charge in [-0.05, 0) is 32.6 Å². The van der Waals surface area contributed by atoms with Gasteiger partial charge in [0, 0.05) is 24.5 Å². The number of nitrogens with one attached hydrogen (secondary N) is 1. The molecular formula is C15H28N2O3. The van der Waals surface area contributed by atoms with E-state index in [0.29, 0.717) is 13.0 Å². The summed E-state index contributed by atoms with van der Waals surface area (Å²) >= 11 is 0. The van der Waals surface area contributed by atoms with E-state index in [1.807, 2.05) is 20.8 Å². The van der Waals surface area contributed by atoms with Crippen molar-refractivity contribution in [2.75, 3.05) is 6.61 Å². The van der Waals surface area contributed by atoms with Crippen LogP contribution in [0.3, 0.4) is 0 Å². The van der Waals surface area contributed by atoms with Crippen LogP contribution in [0.2, 0.25) is 0 Å². The molecule has 2 aliphatic carbocycles. The summed E-state index contributed by atoms with van der Waals surface area (Å²) < 4.78 is 5.65. The largest absolute Gasteiger partial charge is 0.393 e. The number of aliphatic hydroxyl groups is 1. The Morgan fingerprint density at radius 3 is 2.45 bits per heavy atom. The van der Waals surface area contributed by atoms with Crippen molar-refractivity contribution < 1.29 is 14.6 Å². The predicted octanol–water partition coefficient (Wildman–Crippen LogP) is 0.939. The van der Waals surface area contributed by atoms with Gasteiger partial charge in [-0.25, -0.2) is 0 Å². The summed E-state index contributed by atoms with van der Waals surface area (Å²) in [5.41, 5.74) is 5.16. The van der Waals surface area contributed by atoms with Gasteiger partial charge < -0.3 is 20.9 Å². The molecule has 0 radical (unpaired) electrons. The smallest absolute Gasteiger partial charge is 0.241 e. The minimum absolute atomic E-state index is 0.0522. The number of hydrogen-bond acceptors (Lipinski definition) is 4. The van der Waals surface area contributed by atoms with Crippen molar-refractivity contribution in [1.29, 1.82) is 0 Å². The van der Waals surface area contributed by atoms with Gasteiger partial charge in [0.05, 0.1) is 12.2 Å². The van der Waals surface area contributed by atoms with Crippen molar-refractivity contribution in [1.82, 2.24) is 5.32 Å². The Hall–Kier alpha value is -0.650. The van der Waals surface area contributed by atoms with E-state index in [0.717, 1.165) is 25.7 Å². The molecule has 0 aliphatic heterocycles. The summed E-state index contributed by atoms with van der Waals surface area (Å²) in [6, 6.07) is 0.147. The molecular weight excluding hydrogens is 256 g/mol. The van der Waals surface area contributed by atoms with E-state index in [1.165, 1.54) is 0 Å². The number of carbonyl (C=O) groups excluding carboxylic acids is 1. The van der Waals surface area contributed by atoms with E-state index in [2.05, 4.69) is 5.32 Å². The van der Waals surface area contributed by atoms with Crippen LogP contribution < -0.4 is 11.1 Å². The normalized spacial score (nSPS) is 40.0. The Kier molecular flexibility index (Phi) is 4.42. The zero-order valence-electron chi connectivity index (χ0n) is 12.8. The molecule has 2 rings (SSSR count). The van der Waals surface area contributed by atoms with Gasteiger partial charge in [0.2, 0.25) is 5.91 Å². The average molecular weight is 284 g/mol. The summed E-state index contributed by atoms with van der Waals surface area (Å²) in [6.07, 6.45) is 3.60. The Bertz CT molecular complexity index is 364. The van der Waals surface area contributed by atoms with Gasteiger partial charge in [0.15, 0.2) is 0 Å². The minimum atomic E-state index is -0.844. The lowest BCUT2D eigenvalue weighted by molar-refractivity contribution is -0.171. The van der Waals surface area contributed by atoms with Gasteiger partial charge in [-0.15, -0.1) is 0 Å². The number of amides is 1. The number of hydrogen-bond donors (Lipinski definition) is 3. The second-order valence-electron chi connectivity index (χ2n) is 6.82. The molecule has 0 bridgehead atoms. The maximum Gasteiger partial charge on any atom is 0.241 e. The fraction of sp³-hybridized carbons (Fsp3) is 0.933. The minimum Gasteiger partial charge on any atom is -0.393 e. The molecule has 2 saturated carbocycles. The lowest BCUT2D eigenvalue weighted by Crippen LogP contribution is -2.76. The van der Waals surface area contributed by atoms with E-state index in [4.69, 9.17) is 10.5 Å². The van der Waals surface area contributed by atoms with E-state index in [-0.39, 0.29) is 29.6 Å². The van der Waals surface area contributed by atoms with E-state index >= 15 is 0 Å². The lowest BCUT2D eigenvalue weighted by atomic mass is 9.54. The molecule has 5 heteroatoms. The summed E-state index contributed by atoms with van der Waals surface area (Å²) in [6.45, 7) is 6.61. The standard InChI is InChI=1S/C15H28N2O3/c1-4-20-12-9-15(16,14(12,2)3)13(19)17-10-5-7-11(18)8-6-10/h10-12,18H,4-9,16H2,1-3H3,(H,17,19). The highest BCUT2D eigenvalue weighted by Gasteiger charge is 2.63. The van der Waals surface area contributed by atoms with Crippen LogP contribution in [-0.2, 0) is 9.53 Å². The van der Waals surface area contributed by atoms with Gasteiger partial charge >= 0.3 is 0 Å². The third-order valence-corrected chi connectivity index (χ3v) is 5.27. The lowest BCUT2D eigenvalue weighted by Gasteiger charge is -2.57. The zero-order chi connectivity index (χ0) is 15.0. The molecule has 0 aromatic carbocycles. The quantitative estimate of drug-likeness (QED) is 0.717. The van der Waals surface area contributed by atoms with Crippen LogP contribution in [-0.4, -0.2) is 41.4 Å². The number of nitrogens with two attached hydrogens (primary N) is 1. The third-order valence-electron chi connectivity index (χ3n) is 5.27. The fourth-order valence-electron chi connectivity index (χ4n) is 3.35. The molecule has 116 valence electrons. The highest BCUT2D eigenvalue weighted by molar-refractivity contribution is 5.89. The first-order valence-electron chi connectivity index (χ1n) is 7.70. The van der Waals surface area contributed by atoms with Crippen molar-refractivity contribution in [3.05, 3.63) is 0 Å². The molecule has 2 aliphatic rings. The van der Waals surface area contributed by atoms with Crippen molar-refractivity contribution in [2.45, 2.75) is 76.7 Å². The molecule has 20 heavy (non-hydrogen) atoms. The van der Waals surface area contributed by atoms with Gasteiger partial charge in [-0.1, -0.05) is 13.8 Å². The van der Waals surface area contributed by atoms with E-state index in [9.17, 15) is 9.90 Å². The number of ether oxygens (including phenoxy) is 1. The fourth-order valence-corrected chi connectivity index (χ4v) is 3.35. The van der Waals surface area contributed by atoms with Crippen LogP contribution in [0.4, 0.5) is 0 Å². The van der Waals surface area contributed by atoms with Gasteiger partial charge in [-0.3, -0.25) is 4.79 Å². The van der Waals surface area contributed by atoms with Crippen molar-refractivity contribution in [3.8, 4) is 0 Å². The second kappa shape index (κ2) is 5.62. The van der Waals surface area contributed by atoms with Crippen LogP contribution in [0.5, 0.6) is 0 Å². The molecule has 5 nitrogen and oxygen atoms in total. The Labute approximate surface area is 121 Å². The zero-order valence-corrected chi connectivity index (χ0v) is 12.8. The summed E-state index contributed by atoms with van der Waals surface area (Å²) in [5, 5.41) is 12.6. The van der Waals surface area contributed by atoms with Crippen LogP contribution in [0, 0.1) is 5.41 Å². The summed E-state index contributed by atoms with van der Waals surface area (Å²) in [5.74, 6) is -0.0696. The van der Waals surface area contributed by atoms with Crippen molar-refractivity contribution in [3.63, 3.8) is 0 Å². The Morgan fingerprint density at radius 1 is 1.35 bits per heavy atom. The maximum atomic E-state index is 12.5. The first kappa shape index (κ1) is 15.7. The third kappa shape index (κ3) is 2.59. The SMILES string of the molecule is CCOC1CC(N)(C(=O)NC2CCC(O)CC2)C1(C)C. The molecule has 4 N–H and O–H groups in total. The monoisotopic (exact) mass is 284 g/mol. The highest BCUT2D eigenvalue weighted by atomic mass is 16.5. The Balaban J connectivity index is 1.92. The van der Waals surface area contributed by atoms with E-state index in [1.54, 1.807) is 0 Å². The maximum absolute atomic E-state index is 12.5. The molecule has 0 aromatic rings. The van der Waals surface area contributed by atoms with Crippen LogP contribution >= 0.6 is 0 Å². The van der Waals surface area contributed by atoms with Crippen molar-refractivity contribution in [2.24, 2.45) is 11.1 Å². The topological polar surface area (TPSA) is 84.6 Å². The highest BCUT2D eigenvalue weighted by Crippen LogP contribution is 2.49. The number of rotatable bonds is 4. The van der Waals surface area contributed by atoms with E-state index < -0.39 is 5.54 Å². The molecule has 0 heterocycles. The van der Waals surface area contributed by atoms with Crippen LogP contribution in [0.1, 0.15) is 52.9 Å². The van der Waals surface area contributed by atoms with Gasteiger partial charge in [0.1, 0.15) is 5.54 Å². The average Bonchev–Trinajstić information content (AvgIpc) is 2.40. The molecule has 0 spiro atoms. The van der Waals surface area contributed by atoms with Gasteiger partial charge in [0.25, 0.3) is 0 Å². The summed E-state index contributed by atoms with van der Waals surface area (Å²) in [7, 11) is 0.